The highest BCUT2D eigenvalue weighted by molar-refractivity contribution is 5.80. The molecule has 0 aliphatic heterocycles. The summed E-state index contributed by atoms with van der Waals surface area (Å²) in [4.78, 5) is 11.2. The van der Waals surface area contributed by atoms with Crippen LogP contribution in [0.4, 0.5) is 5.69 Å². The predicted octanol–water partition coefficient (Wildman–Crippen LogP) is 0.157. The standard InChI is InChI=1S/C10H11N3O2/c11-3-4-13-10(15)6-7-5-8(14)1-2-9(7)12/h1-2,5,14H,4,6,12H2,(H,13,15). The molecule has 1 aromatic rings. The summed E-state index contributed by atoms with van der Waals surface area (Å²) in [6.45, 7) is -0.0302. The average molecular weight is 205 g/mol. The Bertz CT molecular complexity index is 410. The lowest BCUT2D eigenvalue weighted by Gasteiger charge is -2.05. The van der Waals surface area contributed by atoms with Gasteiger partial charge in [0.25, 0.3) is 0 Å². The summed E-state index contributed by atoms with van der Waals surface area (Å²) < 4.78 is 0. The van der Waals surface area contributed by atoms with Crippen molar-refractivity contribution in [1.29, 1.82) is 5.26 Å². The number of hydrogen-bond donors (Lipinski definition) is 3. The summed E-state index contributed by atoms with van der Waals surface area (Å²) in [7, 11) is 0. The van der Waals surface area contributed by atoms with Crippen molar-refractivity contribution in [1.82, 2.24) is 5.32 Å². The summed E-state index contributed by atoms with van der Waals surface area (Å²) in [5, 5.41) is 19.8. The molecule has 5 heteroatoms. The summed E-state index contributed by atoms with van der Waals surface area (Å²) in [5.74, 6) is -0.235. The van der Waals surface area contributed by atoms with Crippen LogP contribution >= 0.6 is 0 Å². The van der Waals surface area contributed by atoms with Gasteiger partial charge in [-0.15, -0.1) is 0 Å². The number of anilines is 1. The molecular formula is C10H11N3O2. The number of nitrogen functional groups attached to an aromatic ring is 1. The van der Waals surface area contributed by atoms with Crippen molar-refractivity contribution >= 4 is 11.6 Å². The van der Waals surface area contributed by atoms with Crippen LogP contribution in [0.1, 0.15) is 5.56 Å². The number of phenolic OH excluding ortho intramolecular Hbond substituents is 1. The Morgan fingerprint density at radius 1 is 1.60 bits per heavy atom. The number of benzene rings is 1. The molecule has 1 aromatic carbocycles. The van der Waals surface area contributed by atoms with Crippen molar-refractivity contribution in [2.24, 2.45) is 0 Å². The quantitative estimate of drug-likeness (QED) is 0.371. The van der Waals surface area contributed by atoms with Crippen LogP contribution < -0.4 is 11.1 Å². The fourth-order valence-corrected chi connectivity index (χ4v) is 1.12. The van der Waals surface area contributed by atoms with Gasteiger partial charge in [0, 0.05) is 5.69 Å². The Balaban J connectivity index is 2.68. The van der Waals surface area contributed by atoms with E-state index in [1.54, 1.807) is 6.07 Å². The van der Waals surface area contributed by atoms with Crippen molar-refractivity contribution in [3.63, 3.8) is 0 Å². The van der Waals surface area contributed by atoms with E-state index in [0.29, 0.717) is 11.3 Å². The Morgan fingerprint density at radius 3 is 3.00 bits per heavy atom. The minimum Gasteiger partial charge on any atom is -0.508 e. The van der Waals surface area contributed by atoms with Crippen molar-refractivity contribution in [2.45, 2.75) is 6.42 Å². The molecule has 0 heterocycles. The van der Waals surface area contributed by atoms with Gasteiger partial charge in [-0.1, -0.05) is 0 Å². The fourth-order valence-electron chi connectivity index (χ4n) is 1.12. The Morgan fingerprint density at radius 2 is 2.33 bits per heavy atom. The van der Waals surface area contributed by atoms with Crippen molar-refractivity contribution in [3.8, 4) is 11.8 Å². The summed E-state index contributed by atoms with van der Waals surface area (Å²) in [6.07, 6.45) is 0.0575. The normalized spacial score (nSPS) is 9.27. The van der Waals surface area contributed by atoms with Gasteiger partial charge in [-0.25, -0.2) is 0 Å². The molecule has 1 amide bonds. The number of nitrogens with one attached hydrogen (secondary N) is 1. The van der Waals surface area contributed by atoms with Crippen LogP contribution in [0.2, 0.25) is 0 Å². The molecule has 15 heavy (non-hydrogen) atoms. The Labute approximate surface area is 87.1 Å². The van der Waals surface area contributed by atoms with E-state index in [1.165, 1.54) is 18.2 Å². The summed E-state index contributed by atoms with van der Waals surface area (Å²) >= 11 is 0. The summed E-state index contributed by atoms with van der Waals surface area (Å²) in [6, 6.07) is 6.21. The number of nitriles is 1. The van der Waals surface area contributed by atoms with Gasteiger partial charge in [0.15, 0.2) is 0 Å². The van der Waals surface area contributed by atoms with E-state index in [-0.39, 0.29) is 24.6 Å². The lowest BCUT2D eigenvalue weighted by Crippen LogP contribution is -2.25. The van der Waals surface area contributed by atoms with Crippen LogP contribution in [-0.4, -0.2) is 17.6 Å². The molecule has 0 aliphatic rings. The lowest BCUT2D eigenvalue weighted by atomic mass is 10.1. The molecule has 0 bridgehead atoms. The largest absolute Gasteiger partial charge is 0.508 e. The van der Waals surface area contributed by atoms with Gasteiger partial charge in [-0.05, 0) is 23.8 Å². The second-order valence-corrected chi connectivity index (χ2v) is 2.99. The Kier molecular flexibility index (Phi) is 3.52. The number of nitrogens with zero attached hydrogens (tertiary/aromatic N) is 1. The number of carbonyl (C=O) groups excluding carboxylic acids is 1. The van der Waals surface area contributed by atoms with E-state index in [4.69, 9.17) is 11.0 Å². The van der Waals surface area contributed by atoms with E-state index in [2.05, 4.69) is 5.32 Å². The molecule has 1 rings (SSSR count). The second-order valence-electron chi connectivity index (χ2n) is 2.99. The monoisotopic (exact) mass is 205 g/mol. The van der Waals surface area contributed by atoms with Gasteiger partial charge in [0.1, 0.15) is 12.3 Å². The minimum absolute atomic E-state index is 0.0302. The van der Waals surface area contributed by atoms with Gasteiger partial charge in [-0.2, -0.15) is 5.26 Å². The maximum atomic E-state index is 11.2. The van der Waals surface area contributed by atoms with Crippen molar-refractivity contribution < 1.29 is 9.90 Å². The first kappa shape index (κ1) is 10.9. The molecule has 78 valence electrons. The zero-order chi connectivity index (χ0) is 11.3. The third-order valence-electron chi connectivity index (χ3n) is 1.84. The van der Waals surface area contributed by atoms with E-state index in [0.717, 1.165) is 0 Å². The van der Waals surface area contributed by atoms with Crippen molar-refractivity contribution in [3.05, 3.63) is 23.8 Å². The smallest absolute Gasteiger partial charge is 0.225 e. The molecule has 0 spiro atoms. The van der Waals surface area contributed by atoms with Gasteiger partial charge < -0.3 is 16.2 Å². The van der Waals surface area contributed by atoms with E-state index >= 15 is 0 Å². The van der Waals surface area contributed by atoms with Gasteiger partial charge in [-0.3, -0.25) is 4.79 Å². The number of nitrogens with two attached hydrogens (primary N) is 1. The first-order valence-corrected chi connectivity index (χ1v) is 4.34. The highest BCUT2D eigenvalue weighted by Crippen LogP contribution is 2.18. The molecular weight excluding hydrogens is 194 g/mol. The first-order chi connectivity index (χ1) is 7.13. The fraction of sp³-hybridized carbons (Fsp3) is 0.200. The minimum atomic E-state index is -0.297. The zero-order valence-electron chi connectivity index (χ0n) is 8.03. The van der Waals surface area contributed by atoms with Gasteiger partial charge in [0.05, 0.1) is 12.5 Å². The van der Waals surface area contributed by atoms with Crippen LogP contribution in [0.5, 0.6) is 5.75 Å². The number of carbonyl (C=O) groups is 1. The van der Waals surface area contributed by atoms with Gasteiger partial charge in [0.2, 0.25) is 5.91 Å². The van der Waals surface area contributed by atoms with Crippen LogP contribution in [0.25, 0.3) is 0 Å². The highest BCUT2D eigenvalue weighted by atomic mass is 16.3. The lowest BCUT2D eigenvalue weighted by molar-refractivity contribution is -0.120. The van der Waals surface area contributed by atoms with Gasteiger partial charge >= 0.3 is 0 Å². The molecule has 0 fully saturated rings. The topological polar surface area (TPSA) is 99.1 Å². The van der Waals surface area contributed by atoms with E-state index in [9.17, 15) is 9.90 Å². The third-order valence-corrected chi connectivity index (χ3v) is 1.84. The molecule has 0 aliphatic carbocycles. The zero-order valence-corrected chi connectivity index (χ0v) is 8.03. The molecule has 0 aromatic heterocycles. The van der Waals surface area contributed by atoms with E-state index < -0.39 is 0 Å². The number of hydrogen-bond acceptors (Lipinski definition) is 4. The second kappa shape index (κ2) is 4.86. The molecule has 0 radical (unpaired) electrons. The molecule has 0 saturated heterocycles. The molecule has 4 N–H and O–H groups in total. The van der Waals surface area contributed by atoms with Crippen LogP contribution in [-0.2, 0) is 11.2 Å². The highest BCUT2D eigenvalue weighted by Gasteiger charge is 2.06. The van der Waals surface area contributed by atoms with Crippen LogP contribution in [0, 0.1) is 11.3 Å². The maximum Gasteiger partial charge on any atom is 0.225 e. The first-order valence-electron chi connectivity index (χ1n) is 4.34. The Hall–Kier alpha value is -2.22. The molecule has 0 atom stereocenters. The SMILES string of the molecule is N#CCNC(=O)Cc1cc(O)ccc1N. The number of rotatable bonds is 3. The maximum absolute atomic E-state index is 11.2. The number of phenols is 1. The van der Waals surface area contributed by atoms with Crippen molar-refractivity contribution in [2.75, 3.05) is 12.3 Å². The summed E-state index contributed by atoms with van der Waals surface area (Å²) in [5.41, 5.74) is 6.60. The third kappa shape index (κ3) is 3.19. The molecule has 0 unspecified atom stereocenters. The molecule has 5 nitrogen and oxygen atoms in total. The van der Waals surface area contributed by atoms with Crippen LogP contribution in [0.3, 0.4) is 0 Å². The van der Waals surface area contributed by atoms with E-state index in [1.807, 2.05) is 0 Å². The average Bonchev–Trinajstić information content (AvgIpc) is 2.20. The number of aromatic hydroxyl groups is 1. The predicted molar refractivity (Wildman–Crippen MR) is 54.8 cm³/mol. The number of amides is 1. The van der Waals surface area contributed by atoms with Crippen LogP contribution in [0.15, 0.2) is 18.2 Å². The molecule has 0 saturated carbocycles.